The first-order valence-corrected chi connectivity index (χ1v) is 14.4. The van der Waals surface area contributed by atoms with E-state index in [1.807, 2.05) is 60.7 Å². The fourth-order valence-electron chi connectivity index (χ4n) is 3.40. The number of carbonyl (C=O) groups is 3. The number of nitrogens with zero attached hydrogens (tertiary/aromatic N) is 2. The Balaban J connectivity index is 1.09. The van der Waals surface area contributed by atoms with Gasteiger partial charge < -0.3 is 0 Å². The maximum atomic E-state index is 12.7. The van der Waals surface area contributed by atoms with Crippen LogP contribution >= 0.6 is 47.1 Å². The number of unbranched alkanes of at least 4 members (excludes halogenated alkanes) is 2. The summed E-state index contributed by atoms with van der Waals surface area (Å²) >= 11 is 9.57. The lowest BCUT2D eigenvalue weighted by atomic mass is 10.2. The Morgan fingerprint density at radius 1 is 1.00 bits per heavy atom. The monoisotopic (exact) mass is 556 g/mol. The SMILES string of the molecule is O=C(CCCCCN1C(=O)/C(=C/c2ccccc2)SC1=S)NNC(=O)CSc1nc2ccccc2s1. The molecule has 11 heteroatoms. The van der Waals surface area contributed by atoms with Crippen molar-refractivity contribution >= 4 is 85.4 Å². The minimum atomic E-state index is -0.287. The number of amides is 3. The van der Waals surface area contributed by atoms with E-state index in [4.69, 9.17) is 12.2 Å². The highest BCUT2D eigenvalue weighted by Gasteiger charge is 2.31. The van der Waals surface area contributed by atoms with Gasteiger partial charge in [0.1, 0.15) is 4.32 Å². The number of aromatic nitrogens is 1. The zero-order valence-corrected chi connectivity index (χ0v) is 22.5. The molecule has 2 N–H and O–H groups in total. The van der Waals surface area contributed by atoms with Gasteiger partial charge in [0.05, 0.1) is 20.9 Å². The molecule has 2 heterocycles. The number of hydrogen-bond donors (Lipinski definition) is 2. The average Bonchev–Trinajstić information content (AvgIpc) is 3.42. The van der Waals surface area contributed by atoms with Crippen LogP contribution in [0.15, 0.2) is 63.8 Å². The molecule has 3 amide bonds. The summed E-state index contributed by atoms with van der Waals surface area (Å²) in [5.74, 6) is -0.434. The highest BCUT2D eigenvalue weighted by Crippen LogP contribution is 2.33. The van der Waals surface area contributed by atoms with Crippen molar-refractivity contribution in [1.82, 2.24) is 20.7 Å². The second-order valence-corrected chi connectivity index (χ2v) is 11.8. The third-order valence-electron chi connectivity index (χ3n) is 5.20. The first-order valence-electron chi connectivity index (χ1n) is 11.4. The maximum Gasteiger partial charge on any atom is 0.266 e. The summed E-state index contributed by atoms with van der Waals surface area (Å²) in [4.78, 5) is 43.5. The second-order valence-electron chi connectivity index (χ2n) is 7.89. The predicted molar refractivity (Wildman–Crippen MR) is 151 cm³/mol. The van der Waals surface area contributed by atoms with Crippen molar-refractivity contribution < 1.29 is 14.4 Å². The van der Waals surface area contributed by atoms with E-state index in [9.17, 15) is 14.4 Å². The van der Waals surface area contributed by atoms with Gasteiger partial charge in [0, 0.05) is 13.0 Å². The molecule has 7 nitrogen and oxygen atoms in total. The van der Waals surface area contributed by atoms with Gasteiger partial charge in [-0.3, -0.25) is 30.1 Å². The molecule has 0 atom stereocenters. The van der Waals surface area contributed by atoms with Crippen molar-refractivity contribution in [1.29, 1.82) is 0 Å². The minimum Gasteiger partial charge on any atom is -0.293 e. The van der Waals surface area contributed by atoms with Crippen LogP contribution in [0.4, 0.5) is 0 Å². The summed E-state index contributed by atoms with van der Waals surface area (Å²) in [5, 5.41) is 0. The molecular formula is C25H24N4O3S4. The number of hydrogen-bond acceptors (Lipinski definition) is 8. The van der Waals surface area contributed by atoms with Crippen LogP contribution in [0.2, 0.25) is 0 Å². The van der Waals surface area contributed by atoms with Gasteiger partial charge in [0.15, 0.2) is 4.34 Å². The molecule has 36 heavy (non-hydrogen) atoms. The molecule has 0 bridgehead atoms. The van der Waals surface area contributed by atoms with E-state index in [0.717, 1.165) is 33.0 Å². The third-order valence-corrected chi connectivity index (χ3v) is 8.76. The van der Waals surface area contributed by atoms with E-state index in [-0.39, 0.29) is 29.9 Å². The van der Waals surface area contributed by atoms with Crippen molar-refractivity contribution in [3.05, 3.63) is 65.1 Å². The summed E-state index contributed by atoms with van der Waals surface area (Å²) in [5.41, 5.74) is 6.78. The van der Waals surface area contributed by atoms with Crippen LogP contribution in [0.3, 0.4) is 0 Å². The Hall–Kier alpha value is -2.73. The maximum absolute atomic E-state index is 12.7. The van der Waals surface area contributed by atoms with Crippen molar-refractivity contribution in [2.75, 3.05) is 12.3 Å². The van der Waals surface area contributed by atoms with Gasteiger partial charge in [0.25, 0.3) is 5.91 Å². The zero-order chi connectivity index (χ0) is 25.3. The molecule has 2 aromatic carbocycles. The molecule has 0 unspecified atom stereocenters. The highest BCUT2D eigenvalue weighted by atomic mass is 32.2. The normalized spacial score (nSPS) is 14.6. The van der Waals surface area contributed by atoms with E-state index in [1.54, 1.807) is 4.90 Å². The third kappa shape index (κ3) is 7.39. The largest absolute Gasteiger partial charge is 0.293 e. The smallest absolute Gasteiger partial charge is 0.266 e. The Bertz CT molecular complexity index is 1260. The summed E-state index contributed by atoms with van der Waals surface area (Å²) in [6.07, 6.45) is 4.30. The molecule has 1 aliphatic rings. The molecule has 0 spiro atoms. The number of thioether (sulfide) groups is 2. The second kappa shape index (κ2) is 13.0. The van der Waals surface area contributed by atoms with Gasteiger partial charge >= 0.3 is 0 Å². The van der Waals surface area contributed by atoms with E-state index in [2.05, 4.69) is 15.8 Å². The first kappa shape index (κ1) is 26.3. The van der Waals surface area contributed by atoms with E-state index in [0.29, 0.717) is 22.2 Å². The number of carbonyl (C=O) groups excluding carboxylic acids is 3. The number of hydrazine groups is 1. The summed E-state index contributed by atoms with van der Waals surface area (Å²) in [6.45, 7) is 0.526. The average molecular weight is 557 g/mol. The molecule has 1 aliphatic heterocycles. The number of thiocarbonyl (C=S) groups is 1. The van der Waals surface area contributed by atoms with Gasteiger partial charge in [-0.25, -0.2) is 4.98 Å². The van der Waals surface area contributed by atoms with Crippen molar-refractivity contribution in [3.63, 3.8) is 0 Å². The lowest BCUT2D eigenvalue weighted by Gasteiger charge is -2.14. The zero-order valence-electron chi connectivity index (χ0n) is 19.3. The van der Waals surface area contributed by atoms with E-state index < -0.39 is 0 Å². The Morgan fingerprint density at radius 3 is 2.56 bits per heavy atom. The van der Waals surface area contributed by atoms with Crippen LogP contribution in [0.5, 0.6) is 0 Å². The molecular weight excluding hydrogens is 533 g/mol. The Kier molecular flexibility index (Phi) is 9.51. The molecule has 4 rings (SSSR count). The number of para-hydroxylation sites is 1. The number of benzene rings is 2. The van der Waals surface area contributed by atoms with Crippen LogP contribution < -0.4 is 10.9 Å². The number of rotatable bonds is 10. The number of fused-ring (bicyclic) bond motifs is 1. The predicted octanol–water partition coefficient (Wildman–Crippen LogP) is 5.00. The summed E-state index contributed by atoms with van der Waals surface area (Å²) in [6, 6.07) is 17.5. The summed E-state index contributed by atoms with van der Waals surface area (Å²) < 4.78 is 2.45. The molecule has 186 valence electrons. The van der Waals surface area contributed by atoms with Crippen LogP contribution in [0, 0.1) is 0 Å². The number of nitrogens with one attached hydrogen (secondary N) is 2. The van der Waals surface area contributed by atoms with Crippen LogP contribution in [-0.4, -0.2) is 44.2 Å². The van der Waals surface area contributed by atoms with Crippen molar-refractivity contribution in [3.8, 4) is 0 Å². The molecule has 0 radical (unpaired) electrons. The number of thiazole rings is 1. The molecule has 1 fully saturated rings. The fraction of sp³-hybridized carbons (Fsp3) is 0.240. The van der Waals surface area contributed by atoms with Crippen molar-refractivity contribution in [2.24, 2.45) is 0 Å². The van der Waals surface area contributed by atoms with E-state index >= 15 is 0 Å². The quantitative estimate of drug-likeness (QED) is 0.119. The van der Waals surface area contributed by atoms with Crippen LogP contribution in [0.1, 0.15) is 31.2 Å². The molecule has 3 aromatic rings. The summed E-state index contributed by atoms with van der Waals surface area (Å²) in [7, 11) is 0. The first-order chi connectivity index (χ1) is 17.5. The molecule has 0 saturated carbocycles. The fourth-order valence-corrected chi connectivity index (χ4v) is 6.58. The highest BCUT2D eigenvalue weighted by molar-refractivity contribution is 8.26. The lowest BCUT2D eigenvalue weighted by Crippen LogP contribution is -2.42. The van der Waals surface area contributed by atoms with Gasteiger partial charge in [-0.05, 0) is 36.6 Å². The van der Waals surface area contributed by atoms with E-state index in [1.165, 1.54) is 34.9 Å². The van der Waals surface area contributed by atoms with Crippen LogP contribution in [-0.2, 0) is 14.4 Å². The van der Waals surface area contributed by atoms with Gasteiger partial charge in [-0.1, -0.05) is 84.6 Å². The minimum absolute atomic E-state index is 0.0713. The Labute approximate surface area is 227 Å². The standard InChI is InChI=1S/C25H24N4O3S4/c30-21(27-28-22(31)16-34-24-26-18-11-6-7-12-19(18)35-24)13-5-2-8-14-29-23(32)20(36-25(29)33)15-17-9-3-1-4-10-17/h1,3-4,6-7,9-12,15H,2,5,8,13-14,16H2,(H,27,30)(H,28,31)/b20-15-. The Morgan fingerprint density at radius 2 is 1.75 bits per heavy atom. The topological polar surface area (TPSA) is 91.4 Å². The lowest BCUT2D eigenvalue weighted by molar-refractivity contribution is -0.127. The molecule has 0 aliphatic carbocycles. The molecule has 1 aromatic heterocycles. The van der Waals surface area contributed by atoms with Crippen LogP contribution in [0.25, 0.3) is 16.3 Å². The van der Waals surface area contributed by atoms with Gasteiger partial charge in [0.2, 0.25) is 11.8 Å². The van der Waals surface area contributed by atoms with Crippen molar-refractivity contribution in [2.45, 2.75) is 30.0 Å². The molecule has 1 saturated heterocycles. The van der Waals surface area contributed by atoms with Gasteiger partial charge in [-0.15, -0.1) is 11.3 Å². The van der Waals surface area contributed by atoms with Gasteiger partial charge in [-0.2, -0.15) is 0 Å².